The smallest absolute Gasteiger partial charge is 0.271 e. The molecule has 1 rings (SSSR count). The Morgan fingerprint density at radius 3 is 2.55 bits per heavy atom. The van der Waals surface area contributed by atoms with Gasteiger partial charge in [0, 0.05) is 18.2 Å². The van der Waals surface area contributed by atoms with E-state index in [1.807, 2.05) is 6.07 Å². The van der Waals surface area contributed by atoms with Gasteiger partial charge in [-0.1, -0.05) is 23.2 Å². The molecule has 0 saturated heterocycles. The summed E-state index contributed by atoms with van der Waals surface area (Å²) in [5, 5.41) is 19.4. The predicted octanol–water partition coefficient (Wildman–Crippen LogP) is 3.28. The van der Waals surface area contributed by atoms with Gasteiger partial charge in [-0.3, -0.25) is 14.9 Å². The SMILES string of the molecule is CC(C)N(CC#N)C(=O)c1cc([N+](=O)[O-])cc(Cl)c1Cl. The second-order valence-electron chi connectivity index (χ2n) is 4.23. The number of carbonyl (C=O) groups is 1. The zero-order valence-corrected chi connectivity index (χ0v) is 12.3. The average Bonchev–Trinajstić information content (AvgIpc) is 2.37. The molecule has 0 N–H and O–H groups in total. The Morgan fingerprint density at radius 1 is 1.50 bits per heavy atom. The highest BCUT2D eigenvalue weighted by atomic mass is 35.5. The summed E-state index contributed by atoms with van der Waals surface area (Å²) in [7, 11) is 0. The maximum atomic E-state index is 12.3. The third kappa shape index (κ3) is 3.38. The number of nitro benzene ring substituents is 1. The lowest BCUT2D eigenvalue weighted by molar-refractivity contribution is -0.384. The maximum Gasteiger partial charge on any atom is 0.271 e. The molecular formula is C12H11Cl2N3O3. The van der Waals surface area contributed by atoms with Crippen molar-refractivity contribution in [3.63, 3.8) is 0 Å². The summed E-state index contributed by atoms with van der Waals surface area (Å²) < 4.78 is 0. The lowest BCUT2D eigenvalue weighted by Crippen LogP contribution is -2.37. The number of amides is 1. The number of carbonyl (C=O) groups excluding carboxylic acids is 1. The van der Waals surface area contributed by atoms with Gasteiger partial charge < -0.3 is 4.90 Å². The first-order valence-electron chi connectivity index (χ1n) is 5.61. The first kappa shape index (κ1) is 16.2. The fraction of sp³-hybridized carbons (Fsp3) is 0.333. The van der Waals surface area contributed by atoms with Gasteiger partial charge in [0.15, 0.2) is 0 Å². The third-order valence-corrected chi connectivity index (χ3v) is 3.38. The van der Waals surface area contributed by atoms with E-state index >= 15 is 0 Å². The zero-order valence-electron chi connectivity index (χ0n) is 10.8. The Kier molecular flexibility index (Phi) is 5.31. The number of nitrogens with zero attached hydrogens (tertiary/aromatic N) is 3. The molecule has 0 aromatic heterocycles. The van der Waals surface area contributed by atoms with Gasteiger partial charge in [0.1, 0.15) is 6.54 Å². The highest BCUT2D eigenvalue weighted by Crippen LogP contribution is 2.31. The minimum absolute atomic E-state index is 0.0640. The molecule has 0 spiro atoms. The summed E-state index contributed by atoms with van der Waals surface area (Å²) in [4.78, 5) is 23.7. The minimum Gasteiger partial charge on any atom is -0.323 e. The molecule has 1 aromatic rings. The van der Waals surface area contributed by atoms with Crippen LogP contribution in [0.4, 0.5) is 5.69 Å². The van der Waals surface area contributed by atoms with Crippen molar-refractivity contribution >= 4 is 34.8 Å². The number of nitro groups is 1. The van der Waals surface area contributed by atoms with Crippen molar-refractivity contribution in [3.8, 4) is 6.07 Å². The van der Waals surface area contributed by atoms with Crippen molar-refractivity contribution in [1.82, 2.24) is 4.90 Å². The Labute approximate surface area is 125 Å². The minimum atomic E-state index is -0.664. The largest absolute Gasteiger partial charge is 0.323 e. The molecule has 1 amide bonds. The number of hydrogen-bond acceptors (Lipinski definition) is 4. The molecule has 1 aromatic carbocycles. The fourth-order valence-corrected chi connectivity index (χ4v) is 1.96. The molecule has 20 heavy (non-hydrogen) atoms. The summed E-state index contributed by atoms with van der Waals surface area (Å²) in [6.07, 6.45) is 0. The molecule has 106 valence electrons. The van der Waals surface area contributed by atoms with Crippen LogP contribution in [0.1, 0.15) is 24.2 Å². The van der Waals surface area contributed by atoms with Crippen LogP contribution in [0.3, 0.4) is 0 Å². The molecule has 0 saturated carbocycles. The topological polar surface area (TPSA) is 87.2 Å². The van der Waals surface area contributed by atoms with Crippen molar-refractivity contribution in [2.24, 2.45) is 0 Å². The van der Waals surface area contributed by atoms with Gasteiger partial charge in [-0.15, -0.1) is 0 Å². The summed E-state index contributed by atoms with van der Waals surface area (Å²) in [6.45, 7) is 3.30. The van der Waals surface area contributed by atoms with Crippen LogP contribution >= 0.6 is 23.2 Å². The van der Waals surface area contributed by atoms with Crippen LogP contribution in [-0.4, -0.2) is 28.3 Å². The quantitative estimate of drug-likeness (QED) is 0.484. The van der Waals surface area contributed by atoms with E-state index in [-0.39, 0.29) is 33.9 Å². The van der Waals surface area contributed by atoms with Gasteiger partial charge >= 0.3 is 0 Å². The molecule has 0 atom stereocenters. The number of non-ortho nitro benzene ring substituents is 1. The van der Waals surface area contributed by atoms with E-state index in [2.05, 4.69) is 0 Å². The highest BCUT2D eigenvalue weighted by Gasteiger charge is 2.25. The van der Waals surface area contributed by atoms with Gasteiger partial charge in [0.05, 0.1) is 26.6 Å². The van der Waals surface area contributed by atoms with Crippen molar-refractivity contribution in [2.45, 2.75) is 19.9 Å². The van der Waals surface area contributed by atoms with E-state index in [1.165, 1.54) is 4.90 Å². The van der Waals surface area contributed by atoms with E-state index < -0.39 is 10.8 Å². The standard InChI is InChI=1S/C12H11Cl2N3O3/c1-7(2)16(4-3-15)12(18)9-5-8(17(19)20)6-10(13)11(9)14/h5-7H,4H2,1-2H3. The summed E-state index contributed by atoms with van der Waals surface area (Å²) in [5.41, 5.74) is -0.418. The molecular weight excluding hydrogens is 305 g/mol. The lowest BCUT2D eigenvalue weighted by Gasteiger charge is -2.24. The number of rotatable bonds is 4. The van der Waals surface area contributed by atoms with Crippen LogP contribution in [0.2, 0.25) is 10.0 Å². The van der Waals surface area contributed by atoms with Gasteiger partial charge in [0.25, 0.3) is 11.6 Å². The molecule has 0 unspecified atom stereocenters. The van der Waals surface area contributed by atoms with E-state index in [4.69, 9.17) is 28.5 Å². The second kappa shape index (κ2) is 6.55. The predicted molar refractivity (Wildman–Crippen MR) is 74.9 cm³/mol. The molecule has 0 aliphatic heterocycles. The zero-order chi connectivity index (χ0) is 15.4. The van der Waals surface area contributed by atoms with E-state index in [1.54, 1.807) is 13.8 Å². The van der Waals surface area contributed by atoms with E-state index in [0.717, 1.165) is 12.1 Å². The van der Waals surface area contributed by atoms with Crippen molar-refractivity contribution in [2.75, 3.05) is 6.54 Å². The molecule has 8 heteroatoms. The van der Waals surface area contributed by atoms with Crippen LogP contribution in [0.15, 0.2) is 12.1 Å². The summed E-state index contributed by atoms with van der Waals surface area (Å²) in [6, 6.07) is 3.75. The molecule has 0 heterocycles. The monoisotopic (exact) mass is 315 g/mol. The Bertz CT molecular complexity index is 596. The molecule has 0 bridgehead atoms. The van der Waals surface area contributed by atoms with E-state index in [9.17, 15) is 14.9 Å². The van der Waals surface area contributed by atoms with Crippen LogP contribution in [0.25, 0.3) is 0 Å². The van der Waals surface area contributed by atoms with Crippen molar-refractivity contribution in [3.05, 3.63) is 37.9 Å². The number of halogens is 2. The van der Waals surface area contributed by atoms with Gasteiger partial charge in [-0.25, -0.2) is 0 Å². The third-order valence-electron chi connectivity index (χ3n) is 2.58. The second-order valence-corrected chi connectivity index (χ2v) is 5.02. The normalized spacial score (nSPS) is 10.2. The average molecular weight is 316 g/mol. The van der Waals surface area contributed by atoms with Crippen molar-refractivity contribution < 1.29 is 9.72 Å². The molecule has 0 aliphatic carbocycles. The number of hydrogen-bond donors (Lipinski definition) is 0. The first-order valence-corrected chi connectivity index (χ1v) is 6.36. The molecule has 0 fully saturated rings. The first-order chi connectivity index (χ1) is 9.29. The van der Waals surface area contributed by atoms with Crippen LogP contribution in [-0.2, 0) is 0 Å². The Morgan fingerprint density at radius 2 is 2.10 bits per heavy atom. The highest BCUT2D eigenvalue weighted by molar-refractivity contribution is 6.44. The van der Waals surface area contributed by atoms with Gasteiger partial charge in [-0.05, 0) is 13.8 Å². The Balaban J connectivity index is 3.34. The summed E-state index contributed by atoms with van der Waals surface area (Å²) in [5.74, 6) is -0.572. The van der Waals surface area contributed by atoms with Gasteiger partial charge in [-0.2, -0.15) is 5.26 Å². The summed E-state index contributed by atoms with van der Waals surface area (Å²) >= 11 is 11.7. The fourth-order valence-electron chi connectivity index (χ4n) is 1.56. The molecule has 6 nitrogen and oxygen atoms in total. The van der Waals surface area contributed by atoms with Crippen LogP contribution in [0.5, 0.6) is 0 Å². The molecule has 0 radical (unpaired) electrons. The van der Waals surface area contributed by atoms with Gasteiger partial charge in [0.2, 0.25) is 0 Å². The number of nitriles is 1. The van der Waals surface area contributed by atoms with Crippen molar-refractivity contribution in [1.29, 1.82) is 5.26 Å². The van der Waals surface area contributed by atoms with Crippen LogP contribution in [0, 0.1) is 21.4 Å². The number of benzene rings is 1. The van der Waals surface area contributed by atoms with E-state index in [0.29, 0.717) is 0 Å². The lowest BCUT2D eigenvalue weighted by atomic mass is 10.1. The molecule has 0 aliphatic rings. The maximum absolute atomic E-state index is 12.3. The Hall–Kier alpha value is -1.84. The van der Waals surface area contributed by atoms with Crippen LogP contribution < -0.4 is 0 Å².